The molecule has 116 valence electrons. The first-order chi connectivity index (χ1) is 11.3. The van der Waals surface area contributed by atoms with Crippen molar-refractivity contribution in [2.24, 2.45) is 11.0 Å². The quantitative estimate of drug-likeness (QED) is 0.883. The van der Waals surface area contributed by atoms with Crippen LogP contribution in [0.15, 0.2) is 57.6 Å². The lowest BCUT2D eigenvalue weighted by atomic mass is 10.1. The van der Waals surface area contributed by atoms with Crippen molar-refractivity contribution in [1.82, 2.24) is 0 Å². The number of amides is 1. The number of nitrogens with zero attached hydrogens (tertiary/aromatic N) is 2. The van der Waals surface area contributed by atoms with Crippen LogP contribution >= 0.6 is 0 Å². The van der Waals surface area contributed by atoms with Crippen molar-refractivity contribution in [2.75, 3.05) is 5.01 Å². The lowest BCUT2D eigenvalue weighted by Gasteiger charge is -2.10. The van der Waals surface area contributed by atoms with E-state index in [0.29, 0.717) is 23.0 Å². The fourth-order valence-electron chi connectivity index (χ4n) is 2.67. The molecule has 0 bridgehead atoms. The van der Waals surface area contributed by atoms with Gasteiger partial charge in [-0.2, -0.15) is 10.1 Å². The molecule has 1 fully saturated rings. The minimum Gasteiger partial charge on any atom is -0.459 e. The van der Waals surface area contributed by atoms with Crippen molar-refractivity contribution < 1.29 is 14.3 Å². The van der Waals surface area contributed by atoms with E-state index in [0.717, 1.165) is 24.2 Å². The molecule has 23 heavy (non-hydrogen) atoms. The highest BCUT2D eigenvalue weighted by Gasteiger charge is 2.39. The fraction of sp³-hybridized carbons (Fsp3) is 0.222. The summed E-state index contributed by atoms with van der Waals surface area (Å²) in [5.74, 6) is 1.25. The predicted molar refractivity (Wildman–Crippen MR) is 86.7 cm³/mol. The van der Waals surface area contributed by atoms with E-state index in [1.54, 1.807) is 18.2 Å². The summed E-state index contributed by atoms with van der Waals surface area (Å²) in [5.41, 5.74) is 2.17. The molecule has 1 amide bonds. The molecule has 1 N–H and O–H groups in total. The Morgan fingerprint density at radius 2 is 2.00 bits per heavy atom. The predicted octanol–water partition coefficient (Wildman–Crippen LogP) is 2.97. The lowest BCUT2D eigenvalue weighted by Crippen LogP contribution is -2.21. The largest absolute Gasteiger partial charge is 0.459 e. The summed E-state index contributed by atoms with van der Waals surface area (Å²) in [6.45, 7) is -0.156. The third-order valence-corrected chi connectivity index (χ3v) is 4.00. The van der Waals surface area contributed by atoms with Crippen LogP contribution in [0.5, 0.6) is 0 Å². The van der Waals surface area contributed by atoms with E-state index >= 15 is 0 Å². The van der Waals surface area contributed by atoms with Gasteiger partial charge >= 0.3 is 0 Å². The fourth-order valence-corrected chi connectivity index (χ4v) is 2.67. The zero-order valence-electron chi connectivity index (χ0n) is 12.5. The van der Waals surface area contributed by atoms with Crippen molar-refractivity contribution in [3.8, 4) is 0 Å². The van der Waals surface area contributed by atoms with Crippen LogP contribution in [0.1, 0.15) is 24.4 Å². The van der Waals surface area contributed by atoms with E-state index in [1.807, 2.05) is 30.3 Å². The third-order valence-electron chi connectivity index (χ3n) is 4.00. The molecule has 1 aliphatic carbocycles. The Hall–Kier alpha value is -2.66. The summed E-state index contributed by atoms with van der Waals surface area (Å²) in [6, 6.07) is 12.9. The van der Waals surface area contributed by atoms with Gasteiger partial charge < -0.3 is 9.52 Å². The van der Waals surface area contributed by atoms with Crippen molar-refractivity contribution in [2.45, 2.75) is 19.4 Å². The minimum absolute atomic E-state index is 0.139. The van der Waals surface area contributed by atoms with Crippen molar-refractivity contribution >= 4 is 23.4 Å². The van der Waals surface area contributed by atoms with E-state index in [4.69, 9.17) is 9.52 Å². The van der Waals surface area contributed by atoms with Gasteiger partial charge in [0.25, 0.3) is 5.91 Å². The van der Waals surface area contributed by atoms with Gasteiger partial charge in [-0.15, -0.1) is 0 Å². The lowest BCUT2D eigenvalue weighted by molar-refractivity contribution is -0.114. The van der Waals surface area contributed by atoms with Crippen LogP contribution in [-0.4, -0.2) is 16.7 Å². The van der Waals surface area contributed by atoms with E-state index < -0.39 is 0 Å². The van der Waals surface area contributed by atoms with Gasteiger partial charge in [-0.25, -0.2) is 0 Å². The summed E-state index contributed by atoms with van der Waals surface area (Å²) >= 11 is 0. The monoisotopic (exact) mass is 308 g/mol. The number of aliphatic hydroxyl groups is 1. The molecule has 1 saturated carbocycles. The van der Waals surface area contributed by atoms with Crippen molar-refractivity contribution in [3.63, 3.8) is 0 Å². The van der Waals surface area contributed by atoms with E-state index in [-0.39, 0.29) is 12.5 Å². The number of para-hydroxylation sites is 1. The Morgan fingerprint density at radius 1 is 1.22 bits per heavy atom. The number of carbonyl (C=O) groups is 1. The summed E-state index contributed by atoms with van der Waals surface area (Å²) < 4.78 is 5.48. The standard InChI is InChI=1S/C18H16N2O3/c21-11-15-9-8-14(23-15)10-16-17(12-6-7-12)19-20(18(16)22)13-4-2-1-3-5-13/h1-5,8-10,12,21H,6-7,11H2/b16-10-. The maximum absolute atomic E-state index is 12.8. The smallest absolute Gasteiger partial charge is 0.280 e. The molecule has 4 rings (SSSR count). The number of benzene rings is 1. The Balaban J connectivity index is 1.71. The Kier molecular flexibility index (Phi) is 3.35. The number of carbonyl (C=O) groups excluding carboxylic acids is 1. The zero-order chi connectivity index (χ0) is 15.8. The van der Waals surface area contributed by atoms with Crippen LogP contribution in [0.2, 0.25) is 0 Å². The van der Waals surface area contributed by atoms with E-state index in [1.165, 1.54) is 5.01 Å². The first kappa shape index (κ1) is 14.0. The minimum atomic E-state index is -0.156. The second-order valence-electron chi connectivity index (χ2n) is 5.73. The first-order valence-corrected chi connectivity index (χ1v) is 7.66. The average Bonchev–Trinajstić information content (AvgIpc) is 3.24. The topological polar surface area (TPSA) is 66.0 Å². The second kappa shape index (κ2) is 5.52. The molecule has 5 nitrogen and oxygen atoms in total. The van der Waals surface area contributed by atoms with Gasteiger partial charge in [-0.05, 0) is 43.2 Å². The van der Waals surface area contributed by atoms with Crippen LogP contribution in [0, 0.1) is 5.92 Å². The molecule has 0 atom stereocenters. The molecule has 2 aromatic rings. The number of anilines is 1. The van der Waals surface area contributed by atoms with Gasteiger partial charge in [0.05, 0.1) is 17.0 Å². The van der Waals surface area contributed by atoms with E-state index in [9.17, 15) is 4.79 Å². The second-order valence-corrected chi connectivity index (χ2v) is 5.73. The molecule has 0 radical (unpaired) electrons. The average molecular weight is 308 g/mol. The highest BCUT2D eigenvalue weighted by molar-refractivity contribution is 6.33. The normalized spacial score (nSPS) is 19.5. The van der Waals surface area contributed by atoms with Gasteiger partial charge in [0.2, 0.25) is 0 Å². The Bertz CT molecular complexity index is 801. The summed E-state index contributed by atoms with van der Waals surface area (Å²) in [6.07, 6.45) is 3.85. The molecule has 1 aliphatic heterocycles. The van der Waals surface area contributed by atoms with Gasteiger partial charge in [0, 0.05) is 5.92 Å². The van der Waals surface area contributed by atoms with Crippen LogP contribution in [0.25, 0.3) is 6.08 Å². The summed E-state index contributed by atoms with van der Waals surface area (Å²) in [7, 11) is 0. The highest BCUT2D eigenvalue weighted by Crippen LogP contribution is 2.38. The summed E-state index contributed by atoms with van der Waals surface area (Å²) in [5, 5.41) is 15.1. The number of hydrazone groups is 1. The van der Waals surface area contributed by atoms with Crippen LogP contribution in [0.3, 0.4) is 0 Å². The molecule has 0 spiro atoms. The molecule has 2 heterocycles. The van der Waals surface area contributed by atoms with Crippen molar-refractivity contribution in [1.29, 1.82) is 0 Å². The molecule has 2 aliphatic rings. The molecule has 1 aromatic carbocycles. The molecular formula is C18H16N2O3. The maximum atomic E-state index is 12.8. The number of hydrogen-bond donors (Lipinski definition) is 1. The Morgan fingerprint density at radius 3 is 2.65 bits per heavy atom. The summed E-state index contributed by atoms with van der Waals surface area (Å²) in [4.78, 5) is 12.8. The first-order valence-electron chi connectivity index (χ1n) is 7.66. The van der Waals surface area contributed by atoms with Crippen molar-refractivity contribution in [3.05, 3.63) is 59.6 Å². The molecule has 5 heteroatoms. The zero-order valence-corrected chi connectivity index (χ0v) is 12.5. The third kappa shape index (κ3) is 2.59. The SMILES string of the molecule is O=C1/C(=C\c2ccc(CO)o2)C(C2CC2)=NN1c1ccccc1. The van der Waals surface area contributed by atoms with Gasteiger partial charge in [0.1, 0.15) is 18.1 Å². The maximum Gasteiger partial charge on any atom is 0.280 e. The van der Waals surface area contributed by atoms with Crippen LogP contribution < -0.4 is 5.01 Å². The highest BCUT2D eigenvalue weighted by atomic mass is 16.4. The number of rotatable bonds is 4. The molecular weight excluding hydrogens is 292 g/mol. The van der Waals surface area contributed by atoms with Crippen LogP contribution in [-0.2, 0) is 11.4 Å². The van der Waals surface area contributed by atoms with Gasteiger partial charge in [0.15, 0.2) is 0 Å². The number of furan rings is 1. The molecule has 0 saturated heterocycles. The van der Waals surface area contributed by atoms with Gasteiger partial charge in [-0.3, -0.25) is 4.79 Å². The van der Waals surface area contributed by atoms with E-state index in [2.05, 4.69) is 5.10 Å². The van der Waals surface area contributed by atoms with Gasteiger partial charge in [-0.1, -0.05) is 18.2 Å². The van der Waals surface area contributed by atoms with Crippen LogP contribution in [0.4, 0.5) is 5.69 Å². The molecule has 0 unspecified atom stereocenters. The number of aliphatic hydroxyl groups excluding tert-OH is 1. The molecule has 1 aromatic heterocycles. The Labute approximate surface area is 133 Å². The number of hydrogen-bond acceptors (Lipinski definition) is 4.